The van der Waals surface area contributed by atoms with Crippen LogP contribution in [0, 0.1) is 0 Å². The van der Waals surface area contributed by atoms with Crippen molar-refractivity contribution in [2.24, 2.45) is 0 Å². The van der Waals surface area contributed by atoms with E-state index in [2.05, 4.69) is 5.32 Å². The molecule has 0 radical (unpaired) electrons. The summed E-state index contributed by atoms with van der Waals surface area (Å²) in [5.74, 6) is -0.633. The predicted molar refractivity (Wildman–Crippen MR) is 98.3 cm³/mol. The number of benzene rings is 2. The van der Waals surface area contributed by atoms with Crippen molar-refractivity contribution in [1.82, 2.24) is 4.90 Å². The number of likely N-dealkylation sites (N-methyl/N-ethyl adjacent to an activating group) is 1. The molecular weight excluding hydrogens is 363 g/mol. The second kappa shape index (κ2) is 7.17. The summed E-state index contributed by atoms with van der Waals surface area (Å²) >= 11 is 12.0. The van der Waals surface area contributed by atoms with Crippen molar-refractivity contribution in [3.8, 4) is 0 Å². The summed E-state index contributed by atoms with van der Waals surface area (Å²) in [6.07, 6.45) is 0. The van der Waals surface area contributed by atoms with Crippen LogP contribution in [0.3, 0.4) is 0 Å². The molecule has 0 unspecified atom stereocenters. The van der Waals surface area contributed by atoms with Crippen LogP contribution >= 0.6 is 23.2 Å². The Morgan fingerprint density at radius 1 is 1.08 bits per heavy atom. The minimum atomic E-state index is -0.415. The molecule has 128 valence electrons. The van der Waals surface area contributed by atoms with E-state index in [-0.39, 0.29) is 12.3 Å². The third kappa shape index (κ3) is 3.78. The first-order chi connectivity index (χ1) is 12.0. The normalized spacial score (nSPS) is 10.7. The molecule has 0 fully saturated rings. The summed E-state index contributed by atoms with van der Waals surface area (Å²) in [4.78, 5) is 25.9. The smallest absolute Gasteiger partial charge is 0.289 e. The van der Waals surface area contributed by atoms with Gasteiger partial charge in [-0.25, -0.2) is 0 Å². The molecule has 7 heteroatoms. The predicted octanol–water partition coefficient (Wildman–Crippen LogP) is 4.45. The van der Waals surface area contributed by atoms with Gasteiger partial charge in [-0.05, 0) is 24.3 Å². The molecule has 25 heavy (non-hydrogen) atoms. The Labute approximate surface area is 154 Å². The molecule has 1 aromatic heterocycles. The molecule has 2 aromatic carbocycles. The third-order valence-corrected chi connectivity index (χ3v) is 4.22. The molecule has 0 aliphatic carbocycles. The summed E-state index contributed by atoms with van der Waals surface area (Å²) in [5.41, 5.74) is 0.937. The van der Waals surface area contributed by atoms with E-state index in [9.17, 15) is 9.59 Å². The lowest BCUT2D eigenvalue weighted by Crippen LogP contribution is -2.34. The van der Waals surface area contributed by atoms with Gasteiger partial charge in [-0.1, -0.05) is 47.5 Å². The van der Waals surface area contributed by atoms with Crippen LogP contribution in [0.15, 0.2) is 52.9 Å². The first-order valence-electron chi connectivity index (χ1n) is 7.43. The Morgan fingerprint density at radius 2 is 1.76 bits per heavy atom. The number of hydrogen-bond donors (Lipinski definition) is 1. The van der Waals surface area contributed by atoms with Crippen LogP contribution in [-0.4, -0.2) is 30.3 Å². The highest BCUT2D eigenvalue weighted by atomic mass is 35.5. The SMILES string of the molecule is CN(CC(=O)Nc1c(Cl)cccc1Cl)C(=O)c1cc2ccccc2o1. The van der Waals surface area contributed by atoms with E-state index >= 15 is 0 Å². The lowest BCUT2D eigenvalue weighted by Gasteiger charge is -2.16. The quantitative estimate of drug-likeness (QED) is 0.731. The van der Waals surface area contributed by atoms with E-state index < -0.39 is 11.8 Å². The number of anilines is 1. The molecule has 3 aromatic rings. The summed E-state index contributed by atoms with van der Waals surface area (Å²) in [7, 11) is 1.52. The minimum Gasteiger partial charge on any atom is -0.451 e. The van der Waals surface area contributed by atoms with Gasteiger partial charge in [-0.3, -0.25) is 9.59 Å². The Hall–Kier alpha value is -2.50. The Balaban J connectivity index is 1.69. The van der Waals surface area contributed by atoms with Crippen LogP contribution in [0.4, 0.5) is 5.69 Å². The molecule has 2 amide bonds. The molecular formula is C18H14Cl2N2O3. The zero-order chi connectivity index (χ0) is 18.0. The average Bonchev–Trinajstić information content (AvgIpc) is 3.01. The number of fused-ring (bicyclic) bond motifs is 1. The zero-order valence-electron chi connectivity index (χ0n) is 13.3. The number of nitrogens with one attached hydrogen (secondary N) is 1. The second-order valence-corrected chi connectivity index (χ2v) is 6.27. The van der Waals surface area contributed by atoms with Crippen LogP contribution in [-0.2, 0) is 4.79 Å². The first-order valence-corrected chi connectivity index (χ1v) is 8.19. The van der Waals surface area contributed by atoms with Gasteiger partial charge >= 0.3 is 0 Å². The fourth-order valence-electron chi connectivity index (χ4n) is 2.36. The van der Waals surface area contributed by atoms with Crippen LogP contribution in [0.25, 0.3) is 11.0 Å². The first kappa shape index (κ1) is 17.3. The van der Waals surface area contributed by atoms with E-state index in [0.29, 0.717) is 21.3 Å². The Morgan fingerprint density at radius 3 is 2.44 bits per heavy atom. The molecule has 0 atom stereocenters. The summed E-state index contributed by atoms with van der Waals surface area (Å²) in [5, 5.41) is 4.09. The highest BCUT2D eigenvalue weighted by molar-refractivity contribution is 6.39. The maximum atomic E-state index is 12.4. The molecule has 0 saturated heterocycles. The molecule has 0 bridgehead atoms. The van der Waals surface area contributed by atoms with Crippen LogP contribution < -0.4 is 5.32 Å². The van der Waals surface area contributed by atoms with Gasteiger partial charge in [-0.15, -0.1) is 0 Å². The number of rotatable bonds is 4. The fraction of sp³-hybridized carbons (Fsp3) is 0.111. The van der Waals surface area contributed by atoms with Gasteiger partial charge in [0, 0.05) is 12.4 Å². The zero-order valence-corrected chi connectivity index (χ0v) is 14.8. The largest absolute Gasteiger partial charge is 0.451 e. The Kier molecular flexibility index (Phi) is 4.97. The van der Waals surface area contributed by atoms with Crippen molar-refractivity contribution in [2.45, 2.75) is 0 Å². The number of carbonyl (C=O) groups excluding carboxylic acids is 2. The van der Waals surface area contributed by atoms with Crippen LogP contribution in [0.2, 0.25) is 10.0 Å². The van der Waals surface area contributed by atoms with Gasteiger partial charge in [0.15, 0.2) is 5.76 Å². The lowest BCUT2D eigenvalue weighted by molar-refractivity contribution is -0.116. The molecule has 3 rings (SSSR count). The number of carbonyl (C=O) groups is 2. The number of para-hydroxylation sites is 2. The second-order valence-electron chi connectivity index (χ2n) is 5.45. The highest BCUT2D eigenvalue weighted by Crippen LogP contribution is 2.29. The van der Waals surface area contributed by atoms with Crippen molar-refractivity contribution in [1.29, 1.82) is 0 Å². The number of furan rings is 1. The van der Waals surface area contributed by atoms with E-state index in [1.807, 2.05) is 18.2 Å². The van der Waals surface area contributed by atoms with Crippen LogP contribution in [0.5, 0.6) is 0 Å². The monoisotopic (exact) mass is 376 g/mol. The van der Waals surface area contributed by atoms with E-state index in [4.69, 9.17) is 27.6 Å². The molecule has 0 aliphatic heterocycles. The molecule has 5 nitrogen and oxygen atoms in total. The van der Waals surface area contributed by atoms with Crippen LogP contribution in [0.1, 0.15) is 10.6 Å². The van der Waals surface area contributed by atoms with E-state index in [1.54, 1.807) is 30.3 Å². The van der Waals surface area contributed by atoms with E-state index in [1.165, 1.54) is 11.9 Å². The van der Waals surface area contributed by atoms with Crippen molar-refractivity contribution in [2.75, 3.05) is 18.9 Å². The maximum Gasteiger partial charge on any atom is 0.289 e. The molecule has 0 spiro atoms. The summed E-state index contributed by atoms with van der Waals surface area (Å²) in [6.45, 7) is -0.169. The number of hydrogen-bond acceptors (Lipinski definition) is 3. The fourth-order valence-corrected chi connectivity index (χ4v) is 2.85. The van der Waals surface area contributed by atoms with Gasteiger partial charge in [0.2, 0.25) is 5.91 Å². The molecule has 0 aliphatic rings. The number of nitrogens with zero attached hydrogens (tertiary/aromatic N) is 1. The standard InChI is InChI=1S/C18H14Cl2N2O3/c1-22(10-16(23)21-17-12(19)6-4-7-13(17)20)18(24)15-9-11-5-2-3-8-14(11)25-15/h2-9H,10H2,1H3,(H,21,23). The van der Waals surface area contributed by atoms with Gasteiger partial charge in [0.05, 0.1) is 22.3 Å². The number of amides is 2. The van der Waals surface area contributed by atoms with Crippen molar-refractivity contribution in [3.05, 3.63) is 64.3 Å². The average molecular weight is 377 g/mol. The van der Waals surface area contributed by atoms with Crippen molar-refractivity contribution >= 4 is 51.7 Å². The molecule has 1 N–H and O–H groups in total. The molecule has 1 heterocycles. The van der Waals surface area contributed by atoms with Gasteiger partial charge < -0.3 is 14.6 Å². The minimum absolute atomic E-state index is 0.169. The topological polar surface area (TPSA) is 62.6 Å². The van der Waals surface area contributed by atoms with E-state index in [0.717, 1.165) is 5.39 Å². The highest BCUT2D eigenvalue weighted by Gasteiger charge is 2.19. The number of halogens is 2. The van der Waals surface area contributed by atoms with Gasteiger partial charge in [0.25, 0.3) is 5.91 Å². The summed E-state index contributed by atoms with van der Waals surface area (Å²) < 4.78 is 5.52. The third-order valence-electron chi connectivity index (χ3n) is 3.59. The molecule has 0 saturated carbocycles. The lowest BCUT2D eigenvalue weighted by atomic mass is 10.2. The van der Waals surface area contributed by atoms with Gasteiger partial charge in [0.1, 0.15) is 5.58 Å². The Bertz CT molecular complexity index is 899. The van der Waals surface area contributed by atoms with Crippen molar-refractivity contribution < 1.29 is 14.0 Å². The summed E-state index contributed by atoms with van der Waals surface area (Å²) in [6, 6.07) is 13.9. The van der Waals surface area contributed by atoms with Crippen molar-refractivity contribution in [3.63, 3.8) is 0 Å². The maximum absolute atomic E-state index is 12.4. The van der Waals surface area contributed by atoms with Gasteiger partial charge in [-0.2, -0.15) is 0 Å².